The highest BCUT2D eigenvalue weighted by Crippen LogP contribution is 2.18. The molecule has 3 N–H and O–H groups in total. The number of esters is 1. The summed E-state index contributed by atoms with van der Waals surface area (Å²) in [5.74, 6) is -0.490. The highest BCUT2D eigenvalue weighted by Gasteiger charge is 2.24. The van der Waals surface area contributed by atoms with Gasteiger partial charge in [-0.3, -0.25) is 9.59 Å². The van der Waals surface area contributed by atoms with Crippen LogP contribution in [-0.4, -0.2) is 46.9 Å². The van der Waals surface area contributed by atoms with E-state index in [0.717, 1.165) is 77.0 Å². The largest absolute Gasteiger partial charge is 0.462 e. The zero-order valence-corrected chi connectivity index (χ0v) is 39.8. The fourth-order valence-corrected chi connectivity index (χ4v) is 7.78. The molecular weight excluding hydrogens is 743 g/mol. The van der Waals surface area contributed by atoms with Gasteiger partial charge in [0.2, 0.25) is 5.91 Å². The van der Waals surface area contributed by atoms with Gasteiger partial charge in [-0.2, -0.15) is 0 Å². The fourth-order valence-electron chi connectivity index (χ4n) is 7.78. The SMILES string of the molecule is CC/C=C/C=C/C=C/CCCCCCCCCC(=O)OC(CCCCCCC/C=C/CCCCCCCC)CC(=O)NC(CO)C(O)CCCCCCCCCCCCC. The second kappa shape index (κ2) is 47.9. The third-order valence-electron chi connectivity index (χ3n) is 11.7. The molecule has 0 fully saturated rings. The van der Waals surface area contributed by atoms with Gasteiger partial charge in [0.25, 0.3) is 0 Å². The van der Waals surface area contributed by atoms with Gasteiger partial charge in [-0.15, -0.1) is 0 Å². The van der Waals surface area contributed by atoms with Crippen molar-refractivity contribution < 1.29 is 24.5 Å². The number of aliphatic hydroxyl groups is 2. The standard InChI is InChI=1S/C54H99NO5/c1-4-7-10-13-16-19-22-24-26-28-31-33-36-39-42-45-50(60-54(59)47-44-41-38-35-32-29-27-25-23-20-17-14-11-8-5-2)48-53(58)55-51(49-56)52(57)46-43-40-37-34-30-21-18-15-12-9-6-3/h8,11,14,17,20,23-24,26,50-52,56-57H,4-7,9-10,12-13,15-16,18-19,21-22,25,27-49H2,1-3H3,(H,55,58)/b11-8+,17-14+,23-20+,26-24+. The number of hydrogen-bond donors (Lipinski definition) is 3. The molecule has 3 unspecified atom stereocenters. The topological polar surface area (TPSA) is 95.9 Å². The summed E-state index contributed by atoms with van der Waals surface area (Å²) in [5.41, 5.74) is 0. The van der Waals surface area contributed by atoms with E-state index < -0.39 is 18.2 Å². The maximum absolute atomic E-state index is 13.2. The Kier molecular flexibility index (Phi) is 46.1. The minimum atomic E-state index is -0.791. The number of rotatable bonds is 46. The number of carbonyl (C=O) groups excluding carboxylic acids is 2. The van der Waals surface area contributed by atoms with E-state index in [4.69, 9.17) is 4.74 Å². The summed E-state index contributed by atoms with van der Waals surface area (Å²) in [5, 5.41) is 23.7. The molecule has 0 saturated carbocycles. The van der Waals surface area contributed by atoms with Crippen LogP contribution in [0.4, 0.5) is 0 Å². The number of allylic oxidation sites excluding steroid dienone is 8. The van der Waals surface area contributed by atoms with Gasteiger partial charge in [-0.1, -0.05) is 223 Å². The Morgan fingerprint density at radius 2 is 0.917 bits per heavy atom. The zero-order valence-electron chi connectivity index (χ0n) is 39.8. The van der Waals surface area contributed by atoms with Crippen LogP contribution in [0.15, 0.2) is 48.6 Å². The normalized spacial score (nSPS) is 13.6. The molecule has 0 aliphatic heterocycles. The summed E-state index contributed by atoms with van der Waals surface area (Å²) in [6, 6.07) is -0.705. The van der Waals surface area contributed by atoms with Crippen molar-refractivity contribution in [2.24, 2.45) is 0 Å². The summed E-state index contributed by atoms with van der Waals surface area (Å²) >= 11 is 0. The number of ether oxygens (including phenoxy) is 1. The lowest BCUT2D eigenvalue weighted by atomic mass is 10.0. The molecule has 0 rings (SSSR count). The molecule has 3 atom stereocenters. The first-order valence-corrected chi connectivity index (χ1v) is 25.9. The number of hydrogen-bond acceptors (Lipinski definition) is 5. The first-order valence-electron chi connectivity index (χ1n) is 25.9. The molecule has 0 aromatic rings. The van der Waals surface area contributed by atoms with Crippen LogP contribution in [0.2, 0.25) is 0 Å². The summed E-state index contributed by atoms with van der Waals surface area (Å²) in [7, 11) is 0. The molecule has 0 aliphatic rings. The van der Waals surface area contributed by atoms with Crippen molar-refractivity contribution in [2.75, 3.05) is 6.61 Å². The van der Waals surface area contributed by atoms with Crippen LogP contribution < -0.4 is 5.32 Å². The first kappa shape index (κ1) is 57.8. The Balaban J connectivity index is 4.61. The van der Waals surface area contributed by atoms with Crippen LogP contribution in [0.25, 0.3) is 0 Å². The fraction of sp³-hybridized carbons (Fsp3) is 0.815. The molecule has 0 aromatic carbocycles. The van der Waals surface area contributed by atoms with Crippen molar-refractivity contribution in [1.82, 2.24) is 5.32 Å². The number of unbranched alkanes of at least 4 members (excludes halogenated alkanes) is 28. The van der Waals surface area contributed by atoms with E-state index in [1.807, 2.05) is 0 Å². The lowest BCUT2D eigenvalue weighted by Gasteiger charge is -2.24. The number of aliphatic hydroxyl groups excluding tert-OH is 2. The summed E-state index contributed by atoms with van der Waals surface area (Å²) in [4.78, 5) is 26.1. The van der Waals surface area contributed by atoms with E-state index >= 15 is 0 Å². The monoisotopic (exact) mass is 842 g/mol. The lowest BCUT2D eigenvalue weighted by Crippen LogP contribution is -2.46. The molecule has 0 bridgehead atoms. The van der Waals surface area contributed by atoms with Crippen molar-refractivity contribution in [3.63, 3.8) is 0 Å². The molecule has 0 aliphatic carbocycles. The van der Waals surface area contributed by atoms with Crippen molar-refractivity contribution >= 4 is 11.9 Å². The maximum Gasteiger partial charge on any atom is 0.306 e. The number of nitrogens with one attached hydrogen (secondary N) is 1. The number of carbonyl (C=O) groups is 2. The minimum Gasteiger partial charge on any atom is -0.462 e. The smallest absolute Gasteiger partial charge is 0.306 e. The highest BCUT2D eigenvalue weighted by molar-refractivity contribution is 5.77. The van der Waals surface area contributed by atoms with Gasteiger partial charge >= 0.3 is 5.97 Å². The molecule has 350 valence electrons. The quantitative estimate of drug-likeness (QED) is 0.0246. The van der Waals surface area contributed by atoms with Gasteiger partial charge in [-0.25, -0.2) is 0 Å². The summed E-state index contributed by atoms with van der Waals surface area (Å²) in [6.45, 7) is 6.35. The molecule has 1 amide bonds. The number of amides is 1. The Morgan fingerprint density at radius 1 is 0.500 bits per heavy atom. The van der Waals surface area contributed by atoms with E-state index in [0.29, 0.717) is 19.3 Å². The predicted molar refractivity (Wildman–Crippen MR) is 259 cm³/mol. The Hall–Kier alpha value is -2.18. The molecule has 0 heterocycles. The zero-order chi connectivity index (χ0) is 43.8. The van der Waals surface area contributed by atoms with E-state index in [-0.39, 0.29) is 24.9 Å². The van der Waals surface area contributed by atoms with E-state index in [1.165, 1.54) is 135 Å². The van der Waals surface area contributed by atoms with Crippen molar-refractivity contribution in [1.29, 1.82) is 0 Å². The van der Waals surface area contributed by atoms with Gasteiger partial charge < -0.3 is 20.3 Å². The summed E-state index contributed by atoms with van der Waals surface area (Å²) < 4.78 is 5.93. The van der Waals surface area contributed by atoms with Crippen LogP contribution in [-0.2, 0) is 14.3 Å². The van der Waals surface area contributed by atoms with Gasteiger partial charge in [0, 0.05) is 6.42 Å². The average molecular weight is 842 g/mol. The Labute approximate surface area is 372 Å². The maximum atomic E-state index is 13.2. The van der Waals surface area contributed by atoms with Crippen LogP contribution in [0.3, 0.4) is 0 Å². The van der Waals surface area contributed by atoms with E-state index in [1.54, 1.807) is 0 Å². The molecule has 60 heavy (non-hydrogen) atoms. The molecule has 6 heteroatoms. The van der Waals surface area contributed by atoms with Crippen molar-refractivity contribution in [2.45, 2.75) is 277 Å². The van der Waals surface area contributed by atoms with Gasteiger partial charge in [0.05, 0.1) is 25.2 Å². The molecular formula is C54H99NO5. The van der Waals surface area contributed by atoms with E-state index in [9.17, 15) is 19.8 Å². The lowest BCUT2D eigenvalue weighted by molar-refractivity contribution is -0.151. The van der Waals surface area contributed by atoms with Crippen LogP contribution in [0, 0.1) is 0 Å². The third kappa shape index (κ3) is 42.5. The van der Waals surface area contributed by atoms with Crippen LogP contribution >= 0.6 is 0 Å². The van der Waals surface area contributed by atoms with E-state index in [2.05, 4.69) is 74.7 Å². The third-order valence-corrected chi connectivity index (χ3v) is 11.7. The van der Waals surface area contributed by atoms with Gasteiger partial charge in [0.15, 0.2) is 0 Å². The second-order valence-corrected chi connectivity index (χ2v) is 17.6. The molecule has 0 radical (unpaired) electrons. The highest BCUT2D eigenvalue weighted by atomic mass is 16.5. The van der Waals surface area contributed by atoms with Crippen molar-refractivity contribution in [3.8, 4) is 0 Å². The van der Waals surface area contributed by atoms with Crippen molar-refractivity contribution in [3.05, 3.63) is 48.6 Å². The van der Waals surface area contributed by atoms with Gasteiger partial charge in [0.1, 0.15) is 6.10 Å². The van der Waals surface area contributed by atoms with Crippen LogP contribution in [0.5, 0.6) is 0 Å². The first-order chi connectivity index (χ1) is 29.5. The minimum absolute atomic E-state index is 0.0676. The Morgan fingerprint density at radius 3 is 1.40 bits per heavy atom. The average Bonchev–Trinajstić information content (AvgIpc) is 3.24. The van der Waals surface area contributed by atoms with Gasteiger partial charge in [-0.05, 0) is 70.6 Å². The Bertz CT molecular complexity index is 1040. The molecule has 0 saturated heterocycles. The molecule has 6 nitrogen and oxygen atoms in total. The summed E-state index contributed by atoms with van der Waals surface area (Å²) in [6.07, 6.45) is 57.4. The van der Waals surface area contributed by atoms with Crippen LogP contribution in [0.1, 0.15) is 258 Å². The second-order valence-electron chi connectivity index (χ2n) is 17.6. The molecule has 0 spiro atoms. The predicted octanol–water partition coefficient (Wildman–Crippen LogP) is 15.5. The molecule has 0 aromatic heterocycles.